The molecule has 0 radical (unpaired) electrons. The van der Waals surface area contributed by atoms with Crippen LogP contribution < -0.4 is 15.6 Å². The quantitative estimate of drug-likeness (QED) is 0.494. The van der Waals surface area contributed by atoms with Gasteiger partial charge in [0.05, 0.1) is 11.4 Å². The molecule has 32 heavy (non-hydrogen) atoms. The minimum atomic E-state index is -0.318. The summed E-state index contributed by atoms with van der Waals surface area (Å²) in [6.07, 6.45) is 0. The Kier molecular flexibility index (Phi) is 5.57. The molecule has 7 heteroatoms. The van der Waals surface area contributed by atoms with Gasteiger partial charge in [-0.05, 0) is 42.2 Å². The van der Waals surface area contributed by atoms with Crippen LogP contribution in [0.5, 0.6) is 5.75 Å². The van der Waals surface area contributed by atoms with E-state index in [0.717, 1.165) is 10.1 Å². The van der Waals surface area contributed by atoms with Crippen LogP contribution in [0.4, 0.5) is 5.69 Å². The maximum atomic E-state index is 12.8. The number of para-hydroxylation sites is 2. The summed E-state index contributed by atoms with van der Waals surface area (Å²) >= 11 is 0. The fourth-order valence-electron chi connectivity index (χ4n) is 3.31. The molecule has 0 atom stereocenters. The highest BCUT2D eigenvalue weighted by molar-refractivity contribution is 6.05. The SMILES string of the molecule is Cc1cc2nc(COc3ccccc3NC(=O)c3ccc(C(C)(C)C)cc3)cc(=O)n2o1. The fraction of sp³-hybridized carbons (Fsp3) is 0.240. The zero-order chi connectivity index (χ0) is 22.9. The molecular weight excluding hydrogens is 406 g/mol. The Morgan fingerprint density at radius 1 is 1.09 bits per heavy atom. The molecule has 0 saturated heterocycles. The lowest BCUT2D eigenvalue weighted by molar-refractivity contribution is 0.102. The third-order valence-electron chi connectivity index (χ3n) is 5.05. The van der Waals surface area contributed by atoms with E-state index in [4.69, 9.17) is 9.26 Å². The lowest BCUT2D eigenvalue weighted by atomic mass is 9.87. The highest BCUT2D eigenvalue weighted by Crippen LogP contribution is 2.26. The van der Waals surface area contributed by atoms with Crippen LogP contribution in [-0.2, 0) is 12.0 Å². The van der Waals surface area contributed by atoms with Crippen molar-refractivity contribution in [3.05, 3.63) is 93.6 Å². The zero-order valence-electron chi connectivity index (χ0n) is 18.5. The van der Waals surface area contributed by atoms with Crippen LogP contribution >= 0.6 is 0 Å². The number of hydrogen-bond acceptors (Lipinski definition) is 5. The second-order valence-electron chi connectivity index (χ2n) is 8.65. The maximum absolute atomic E-state index is 12.8. The van der Waals surface area contributed by atoms with Crippen molar-refractivity contribution < 1.29 is 14.1 Å². The maximum Gasteiger partial charge on any atom is 0.287 e. The van der Waals surface area contributed by atoms with Gasteiger partial charge in [0.15, 0.2) is 5.65 Å². The van der Waals surface area contributed by atoms with Gasteiger partial charge in [0, 0.05) is 17.7 Å². The van der Waals surface area contributed by atoms with Crippen molar-refractivity contribution in [1.29, 1.82) is 0 Å². The lowest BCUT2D eigenvalue weighted by Crippen LogP contribution is -2.16. The number of ether oxygens (including phenoxy) is 1. The van der Waals surface area contributed by atoms with Gasteiger partial charge in [-0.1, -0.05) is 45.0 Å². The zero-order valence-corrected chi connectivity index (χ0v) is 18.5. The minimum absolute atomic E-state index is 0.0180. The number of amides is 1. The molecule has 0 bridgehead atoms. The Bertz CT molecular complexity index is 1330. The Morgan fingerprint density at radius 3 is 2.53 bits per heavy atom. The van der Waals surface area contributed by atoms with E-state index < -0.39 is 0 Å². The van der Waals surface area contributed by atoms with Crippen LogP contribution in [0.15, 0.2) is 70.0 Å². The fourth-order valence-corrected chi connectivity index (χ4v) is 3.31. The average molecular weight is 431 g/mol. The van der Waals surface area contributed by atoms with E-state index in [1.807, 2.05) is 36.4 Å². The Balaban J connectivity index is 1.49. The van der Waals surface area contributed by atoms with E-state index in [1.165, 1.54) is 6.07 Å². The number of nitrogens with one attached hydrogen (secondary N) is 1. The van der Waals surface area contributed by atoms with Gasteiger partial charge in [-0.15, -0.1) is 4.57 Å². The third-order valence-corrected chi connectivity index (χ3v) is 5.05. The predicted octanol–water partition coefficient (Wildman–Crippen LogP) is 4.72. The van der Waals surface area contributed by atoms with Gasteiger partial charge in [0.2, 0.25) is 0 Å². The molecule has 0 unspecified atom stereocenters. The summed E-state index contributed by atoms with van der Waals surface area (Å²) in [7, 11) is 0. The Morgan fingerprint density at radius 2 is 1.81 bits per heavy atom. The van der Waals surface area contributed by atoms with E-state index in [1.54, 1.807) is 25.1 Å². The van der Waals surface area contributed by atoms with Crippen molar-refractivity contribution in [3.63, 3.8) is 0 Å². The number of benzene rings is 2. The molecule has 7 nitrogen and oxygen atoms in total. The van der Waals surface area contributed by atoms with Crippen LogP contribution in [0.25, 0.3) is 5.65 Å². The van der Waals surface area contributed by atoms with Crippen molar-refractivity contribution in [2.75, 3.05) is 5.32 Å². The number of rotatable bonds is 5. The normalized spacial score (nSPS) is 11.5. The third kappa shape index (κ3) is 4.56. The molecule has 2 aromatic heterocycles. The van der Waals surface area contributed by atoms with Crippen LogP contribution in [-0.4, -0.2) is 15.5 Å². The summed E-state index contributed by atoms with van der Waals surface area (Å²) < 4.78 is 12.3. The van der Waals surface area contributed by atoms with Gasteiger partial charge in [-0.3, -0.25) is 9.59 Å². The number of fused-ring (bicyclic) bond motifs is 1. The van der Waals surface area contributed by atoms with Gasteiger partial charge >= 0.3 is 0 Å². The van der Waals surface area contributed by atoms with Crippen molar-refractivity contribution in [2.45, 2.75) is 39.7 Å². The lowest BCUT2D eigenvalue weighted by Gasteiger charge is -2.19. The van der Waals surface area contributed by atoms with Crippen LogP contribution in [0, 0.1) is 6.92 Å². The molecule has 2 heterocycles. The standard InChI is InChI=1S/C25H25N3O4/c1-16-13-22-26-19(14-23(29)28(22)32-16)15-31-21-8-6-5-7-20(21)27-24(30)17-9-11-18(12-10-17)25(2,3)4/h5-14H,15H2,1-4H3,(H,27,30). The van der Waals surface area contributed by atoms with Crippen molar-refractivity contribution >= 4 is 17.2 Å². The molecule has 0 spiro atoms. The number of aryl methyl sites for hydroxylation is 1. The largest absolute Gasteiger partial charge is 0.485 e. The number of aromatic nitrogens is 2. The molecule has 0 fully saturated rings. The molecule has 4 rings (SSSR count). The monoisotopic (exact) mass is 431 g/mol. The van der Waals surface area contributed by atoms with Crippen molar-refractivity contribution in [3.8, 4) is 5.75 Å². The summed E-state index contributed by atoms with van der Waals surface area (Å²) in [5.41, 5.74) is 2.85. The van der Waals surface area contributed by atoms with E-state index in [0.29, 0.717) is 34.1 Å². The number of carbonyl (C=O) groups is 1. The molecule has 1 amide bonds. The summed E-state index contributed by atoms with van der Waals surface area (Å²) in [6.45, 7) is 8.21. The Hall–Kier alpha value is -3.87. The molecule has 0 aliphatic heterocycles. The van der Waals surface area contributed by atoms with Crippen molar-refractivity contribution in [1.82, 2.24) is 9.56 Å². The van der Waals surface area contributed by atoms with Crippen LogP contribution in [0.1, 0.15) is 48.1 Å². The molecule has 1 N–H and O–H groups in total. The van der Waals surface area contributed by atoms with Gasteiger partial charge in [-0.25, -0.2) is 4.98 Å². The van der Waals surface area contributed by atoms with Gasteiger partial charge in [0.25, 0.3) is 11.5 Å². The number of anilines is 1. The summed E-state index contributed by atoms with van der Waals surface area (Å²) in [5, 5.41) is 2.90. The smallest absolute Gasteiger partial charge is 0.287 e. The van der Waals surface area contributed by atoms with Crippen molar-refractivity contribution in [2.24, 2.45) is 0 Å². The van der Waals surface area contributed by atoms with E-state index in [9.17, 15) is 9.59 Å². The average Bonchev–Trinajstić information content (AvgIpc) is 3.13. The van der Waals surface area contributed by atoms with Gasteiger partial charge in [0.1, 0.15) is 18.1 Å². The highest BCUT2D eigenvalue weighted by atomic mass is 16.5. The van der Waals surface area contributed by atoms with E-state index >= 15 is 0 Å². The first-order valence-corrected chi connectivity index (χ1v) is 10.3. The second kappa shape index (κ2) is 8.34. The predicted molar refractivity (Wildman–Crippen MR) is 122 cm³/mol. The first-order chi connectivity index (χ1) is 15.2. The van der Waals surface area contributed by atoms with Crippen LogP contribution in [0.3, 0.4) is 0 Å². The van der Waals surface area contributed by atoms with Gasteiger partial charge in [-0.2, -0.15) is 0 Å². The highest BCUT2D eigenvalue weighted by Gasteiger charge is 2.15. The number of carbonyl (C=O) groups excluding carboxylic acids is 1. The topological polar surface area (TPSA) is 85.8 Å². The molecule has 0 aliphatic rings. The van der Waals surface area contributed by atoms with E-state index in [-0.39, 0.29) is 23.5 Å². The molecule has 2 aromatic carbocycles. The minimum Gasteiger partial charge on any atom is -0.485 e. The van der Waals surface area contributed by atoms with Gasteiger partial charge < -0.3 is 14.6 Å². The first kappa shape index (κ1) is 21.4. The molecule has 0 aliphatic carbocycles. The number of nitrogens with zero attached hydrogens (tertiary/aromatic N) is 2. The molecule has 0 saturated carbocycles. The summed E-state index contributed by atoms with van der Waals surface area (Å²) in [6, 6.07) is 17.8. The molecular formula is C25H25N3O4. The number of hydrogen-bond donors (Lipinski definition) is 1. The van der Waals surface area contributed by atoms with Crippen LogP contribution in [0.2, 0.25) is 0 Å². The summed E-state index contributed by atoms with van der Waals surface area (Å²) in [4.78, 5) is 29.4. The van der Waals surface area contributed by atoms with E-state index in [2.05, 4.69) is 31.1 Å². The first-order valence-electron chi connectivity index (χ1n) is 10.3. The molecule has 4 aromatic rings. The summed E-state index contributed by atoms with van der Waals surface area (Å²) in [5.74, 6) is 0.849. The second-order valence-corrected chi connectivity index (χ2v) is 8.65. The Labute approximate surface area is 185 Å². The molecule has 164 valence electrons.